The molecule has 0 radical (unpaired) electrons. The second-order valence-electron chi connectivity index (χ2n) is 8.59. The molecule has 4 nitrogen and oxygen atoms in total. The highest BCUT2D eigenvalue weighted by Crippen LogP contribution is 2.35. The summed E-state index contributed by atoms with van der Waals surface area (Å²) in [4.78, 5) is 16.9. The molecule has 1 saturated heterocycles. The van der Waals surface area contributed by atoms with Crippen LogP contribution in [0.25, 0.3) is 0 Å². The normalized spacial score (nSPS) is 19.1. The minimum Gasteiger partial charge on any atom is -0.439 e. The Morgan fingerprint density at radius 3 is 2.31 bits per heavy atom. The number of rotatable bonds is 5. The van der Waals surface area contributed by atoms with Crippen LogP contribution in [0.3, 0.4) is 0 Å². The van der Waals surface area contributed by atoms with E-state index in [1.54, 1.807) is 12.3 Å². The first kappa shape index (κ1) is 18.6. The first-order chi connectivity index (χ1) is 12.2. The van der Waals surface area contributed by atoms with Crippen molar-refractivity contribution in [1.82, 2.24) is 10.3 Å². The third-order valence-corrected chi connectivity index (χ3v) is 4.79. The summed E-state index contributed by atoms with van der Waals surface area (Å²) >= 11 is 0. The van der Waals surface area contributed by atoms with Crippen molar-refractivity contribution in [3.8, 4) is 11.6 Å². The number of carbonyl (C=O) groups excluding carboxylic acids is 1. The predicted octanol–water partition coefficient (Wildman–Crippen LogP) is 5.00. The predicted molar refractivity (Wildman–Crippen MR) is 104 cm³/mol. The zero-order valence-corrected chi connectivity index (χ0v) is 16.1. The molecule has 1 N–H and O–H groups in total. The maximum atomic E-state index is 12.7. The summed E-state index contributed by atoms with van der Waals surface area (Å²) in [5.41, 5.74) is 0.868. The molecule has 0 saturated carbocycles. The van der Waals surface area contributed by atoms with Crippen molar-refractivity contribution < 1.29 is 9.53 Å². The van der Waals surface area contributed by atoms with Gasteiger partial charge in [0, 0.05) is 35.3 Å². The Kier molecular flexibility index (Phi) is 5.15. The number of pyridine rings is 1. The van der Waals surface area contributed by atoms with Gasteiger partial charge in [-0.2, -0.15) is 0 Å². The molecule has 0 atom stereocenters. The van der Waals surface area contributed by atoms with Crippen molar-refractivity contribution in [2.75, 3.05) is 0 Å². The lowest BCUT2D eigenvalue weighted by Crippen LogP contribution is -2.57. The lowest BCUT2D eigenvalue weighted by atomic mass is 9.74. The van der Waals surface area contributed by atoms with Crippen molar-refractivity contribution in [2.45, 2.75) is 58.0 Å². The van der Waals surface area contributed by atoms with Gasteiger partial charge in [0.2, 0.25) is 5.88 Å². The SMILES string of the molecule is CC1(C)CC(CC(=O)c2ccc(Oc3ccccn3)cc2)CC(C)(C)N1. The standard InChI is InChI=1S/C22H28N2O2/c1-21(2)14-16(15-22(3,4)24-21)13-19(25)17-8-10-18(11-9-17)26-20-7-5-6-12-23-20/h5-12,16,24H,13-15H2,1-4H3. The van der Waals surface area contributed by atoms with E-state index >= 15 is 0 Å². The molecular weight excluding hydrogens is 324 g/mol. The number of benzene rings is 1. The third kappa shape index (κ3) is 4.92. The van der Waals surface area contributed by atoms with Gasteiger partial charge in [-0.05, 0) is 76.8 Å². The van der Waals surface area contributed by atoms with Crippen LogP contribution in [0.1, 0.15) is 57.3 Å². The van der Waals surface area contributed by atoms with Crippen molar-refractivity contribution in [2.24, 2.45) is 5.92 Å². The lowest BCUT2D eigenvalue weighted by Gasteiger charge is -2.46. The Labute approximate surface area is 156 Å². The highest BCUT2D eigenvalue weighted by molar-refractivity contribution is 5.96. The molecule has 1 aromatic heterocycles. The van der Waals surface area contributed by atoms with Gasteiger partial charge in [-0.15, -0.1) is 0 Å². The monoisotopic (exact) mass is 352 g/mol. The molecule has 0 amide bonds. The van der Waals surface area contributed by atoms with Crippen LogP contribution in [0, 0.1) is 5.92 Å². The molecule has 138 valence electrons. The molecule has 3 rings (SSSR count). The van der Waals surface area contributed by atoms with Crippen molar-refractivity contribution in [1.29, 1.82) is 0 Å². The molecule has 0 unspecified atom stereocenters. The van der Waals surface area contributed by atoms with E-state index in [0.717, 1.165) is 18.4 Å². The summed E-state index contributed by atoms with van der Waals surface area (Å²) < 4.78 is 5.69. The number of ketones is 1. The first-order valence-electron chi connectivity index (χ1n) is 9.24. The fourth-order valence-electron chi connectivity index (χ4n) is 4.30. The number of nitrogens with zero attached hydrogens (tertiary/aromatic N) is 1. The number of ether oxygens (including phenoxy) is 1. The molecule has 4 heteroatoms. The van der Waals surface area contributed by atoms with E-state index in [2.05, 4.69) is 38.0 Å². The molecule has 2 aromatic rings. The van der Waals surface area contributed by atoms with Gasteiger partial charge < -0.3 is 10.1 Å². The number of hydrogen-bond donors (Lipinski definition) is 1. The molecule has 26 heavy (non-hydrogen) atoms. The fraction of sp³-hybridized carbons (Fsp3) is 0.455. The zero-order chi connectivity index (χ0) is 18.8. The topological polar surface area (TPSA) is 51.2 Å². The minimum atomic E-state index is 0.0626. The summed E-state index contributed by atoms with van der Waals surface area (Å²) in [5, 5.41) is 3.67. The molecule has 1 aliphatic rings. The molecule has 2 heterocycles. The van der Waals surface area contributed by atoms with Crippen LogP contribution < -0.4 is 10.1 Å². The highest BCUT2D eigenvalue weighted by atomic mass is 16.5. The van der Waals surface area contributed by atoms with Gasteiger partial charge in [0.05, 0.1) is 0 Å². The van der Waals surface area contributed by atoms with E-state index in [0.29, 0.717) is 24.0 Å². The number of carbonyl (C=O) groups is 1. The van der Waals surface area contributed by atoms with Crippen LogP contribution in [0.15, 0.2) is 48.7 Å². The number of aromatic nitrogens is 1. The number of Topliss-reactive ketones (excluding diaryl/α,β-unsaturated/α-hetero) is 1. The maximum absolute atomic E-state index is 12.7. The average Bonchev–Trinajstić information content (AvgIpc) is 2.53. The van der Waals surface area contributed by atoms with Gasteiger partial charge in [-0.3, -0.25) is 4.79 Å². The molecule has 0 bridgehead atoms. The minimum absolute atomic E-state index is 0.0626. The molecule has 1 aliphatic heterocycles. The summed E-state index contributed by atoms with van der Waals surface area (Å²) in [6.07, 6.45) is 4.32. The summed E-state index contributed by atoms with van der Waals surface area (Å²) in [7, 11) is 0. The number of nitrogens with one attached hydrogen (secondary N) is 1. The van der Waals surface area contributed by atoms with Gasteiger partial charge >= 0.3 is 0 Å². The molecule has 1 fully saturated rings. The third-order valence-electron chi connectivity index (χ3n) is 4.79. The van der Waals surface area contributed by atoms with Crippen LogP contribution >= 0.6 is 0 Å². The number of piperidine rings is 1. The largest absolute Gasteiger partial charge is 0.439 e. The Morgan fingerprint density at radius 2 is 1.73 bits per heavy atom. The van der Waals surface area contributed by atoms with E-state index in [1.165, 1.54) is 0 Å². The van der Waals surface area contributed by atoms with Crippen LogP contribution in [0.2, 0.25) is 0 Å². The van der Waals surface area contributed by atoms with Crippen molar-refractivity contribution in [3.05, 3.63) is 54.2 Å². The Balaban J connectivity index is 1.63. The molecule has 0 spiro atoms. The summed E-state index contributed by atoms with van der Waals surface area (Å²) in [6, 6.07) is 12.9. The van der Waals surface area contributed by atoms with E-state index in [4.69, 9.17) is 4.74 Å². The second-order valence-corrected chi connectivity index (χ2v) is 8.59. The van der Waals surface area contributed by atoms with E-state index in [-0.39, 0.29) is 16.9 Å². The lowest BCUT2D eigenvalue weighted by molar-refractivity contribution is 0.0864. The smallest absolute Gasteiger partial charge is 0.219 e. The highest BCUT2D eigenvalue weighted by Gasteiger charge is 2.38. The van der Waals surface area contributed by atoms with E-state index < -0.39 is 0 Å². The Bertz CT molecular complexity index is 735. The van der Waals surface area contributed by atoms with Crippen molar-refractivity contribution >= 4 is 5.78 Å². The maximum Gasteiger partial charge on any atom is 0.219 e. The van der Waals surface area contributed by atoms with Gasteiger partial charge in [-0.25, -0.2) is 4.98 Å². The van der Waals surface area contributed by atoms with Crippen LogP contribution in [0.5, 0.6) is 11.6 Å². The van der Waals surface area contributed by atoms with Crippen molar-refractivity contribution in [3.63, 3.8) is 0 Å². The first-order valence-corrected chi connectivity index (χ1v) is 9.24. The van der Waals surface area contributed by atoms with Crippen LogP contribution in [-0.2, 0) is 0 Å². The zero-order valence-electron chi connectivity index (χ0n) is 16.1. The second kappa shape index (κ2) is 7.20. The fourth-order valence-corrected chi connectivity index (χ4v) is 4.30. The summed E-state index contributed by atoms with van der Waals surface area (Å²) in [5.74, 6) is 1.83. The van der Waals surface area contributed by atoms with Gasteiger partial charge in [0.15, 0.2) is 5.78 Å². The summed E-state index contributed by atoms with van der Waals surface area (Å²) in [6.45, 7) is 8.87. The van der Waals surface area contributed by atoms with Gasteiger partial charge in [0.25, 0.3) is 0 Å². The van der Waals surface area contributed by atoms with Gasteiger partial charge in [0.1, 0.15) is 5.75 Å². The number of hydrogen-bond acceptors (Lipinski definition) is 4. The Morgan fingerprint density at radius 1 is 1.08 bits per heavy atom. The van der Waals surface area contributed by atoms with E-state index in [1.807, 2.05) is 36.4 Å². The molecule has 0 aliphatic carbocycles. The molecule has 1 aromatic carbocycles. The Hall–Kier alpha value is -2.20. The average molecular weight is 352 g/mol. The van der Waals surface area contributed by atoms with Crippen LogP contribution in [0.4, 0.5) is 0 Å². The van der Waals surface area contributed by atoms with Crippen LogP contribution in [-0.4, -0.2) is 21.8 Å². The molecular formula is C22H28N2O2. The quantitative estimate of drug-likeness (QED) is 0.769. The van der Waals surface area contributed by atoms with E-state index in [9.17, 15) is 4.79 Å². The van der Waals surface area contributed by atoms with Gasteiger partial charge in [-0.1, -0.05) is 6.07 Å².